The zero-order chi connectivity index (χ0) is 31.8. The van der Waals surface area contributed by atoms with Gasteiger partial charge in [0.2, 0.25) is 0 Å². The van der Waals surface area contributed by atoms with Gasteiger partial charge in [-0.2, -0.15) is 0 Å². The quantitative estimate of drug-likeness (QED) is 0.0991. The van der Waals surface area contributed by atoms with Crippen molar-refractivity contribution in [1.29, 1.82) is 0 Å². The van der Waals surface area contributed by atoms with Crippen molar-refractivity contribution in [3.05, 3.63) is 128 Å². The Kier molecular flexibility index (Phi) is 11.4. The molecule has 0 radical (unpaired) electrons. The van der Waals surface area contributed by atoms with Gasteiger partial charge in [-0.1, -0.05) is 173 Å². The van der Waals surface area contributed by atoms with Gasteiger partial charge in [-0.05, 0) is 97.9 Å². The summed E-state index contributed by atoms with van der Waals surface area (Å²) in [5.74, 6) is 0. The van der Waals surface area contributed by atoms with Gasteiger partial charge >= 0.3 is 0 Å². The lowest BCUT2D eigenvalue weighted by Crippen LogP contribution is -2.31. The third-order valence-corrected chi connectivity index (χ3v) is 10.4. The Morgan fingerprint density at radius 3 is 1.16 bits per heavy atom. The summed E-state index contributed by atoms with van der Waals surface area (Å²) in [6.45, 7) is 13.7. The van der Waals surface area contributed by atoms with Crippen LogP contribution in [0.25, 0.3) is 11.1 Å². The molecule has 0 saturated heterocycles. The predicted molar refractivity (Wildman–Crippen MR) is 197 cm³/mol. The first-order valence-electron chi connectivity index (χ1n) is 18.3. The molecule has 4 aromatic carbocycles. The SMILES string of the molecule is CCCCCCCCc1cc(C)ccc1C1(c2ccc(C)cc2CCCCCCCC)c2cc(C)ccc2-c2ccc(C)cc21. The van der Waals surface area contributed by atoms with E-state index in [0.717, 1.165) is 12.8 Å². The fraction of sp³-hybridized carbons (Fsp3) is 0.467. The Hall–Kier alpha value is -3.12. The van der Waals surface area contributed by atoms with Crippen LogP contribution in [-0.2, 0) is 18.3 Å². The number of aryl methyl sites for hydroxylation is 6. The molecule has 5 rings (SSSR count). The number of unbranched alkanes of at least 4 members (excludes halogenated alkanes) is 10. The van der Waals surface area contributed by atoms with Gasteiger partial charge in [0.25, 0.3) is 0 Å². The van der Waals surface area contributed by atoms with Crippen LogP contribution < -0.4 is 0 Å². The topological polar surface area (TPSA) is 0 Å². The van der Waals surface area contributed by atoms with Crippen LogP contribution in [0.2, 0.25) is 0 Å². The van der Waals surface area contributed by atoms with Crippen molar-refractivity contribution in [3.8, 4) is 11.1 Å². The standard InChI is InChI=1S/C45H58/c1-7-9-11-13-15-17-19-37-29-33(3)23-27-41(37)45(42-28-24-34(4)30-38(42)20-18-16-14-12-10-8-2)43-31-35(5)21-25-39(43)40-26-22-36(6)32-44(40)45/h21-32H,7-20H2,1-6H3. The maximum atomic E-state index is 2.52. The molecule has 0 nitrogen and oxygen atoms in total. The van der Waals surface area contributed by atoms with Crippen LogP contribution in [0.5, 0.6) is 0 Å². The fourth-order valence-electron chi connectivity index (χ4n) is 8.06. The van der Waals surface area contributed by atoms with Crippen LogP contribution in [0.4, 0.5) is 0 Å². The zero-order valence-electron chi connectivity index (χ0n) is 29.3. The molecule has 0 unspecified atom stereocenters. The van der Waals surface area contributed by atoms with E-state index >= 15 is 0 Å². The Balaban J connectivity index is 1.71. The average Bonchev–Trinajstić information content (AvgIpc) is 3.29. The number of benzene rings is 4. The Morgan fingerprint density at radius 1 is 0.378 bits per heavy atom. The van der Waals surface area contributed by atoms with Crippen molar-refractivity contribution < 1.29 is 0 Å². The molecular formula is C45H58. The minimum atomic E-state index is -0.320. The predicted octanol–water partition coefficient (Wildman–Crippen LogP) is 13.1. The molecule has 0 spiro atoms. The van der Waals surface area contributed by atoms with Crippen LogP contribution in [0, 0.1) is 27.7 Å². The summed E-state index contributed by atoms with van der Waals surface area (Å²) in [6, 6.07) is 29.3. The van der Waals surface area contributed by atoms with Gasteiger partial charge in [0.1, 0.15) is 0 Å². The van der Waals surface area contributed by atoms with Crippen LogP contribution in [0.3, 0.4) is 0 Å². The maximum absolute atomic E-state index is 2.52. The van der Waals surface area contributed by atoms with Crippen LogP contribution >= 0.6 is 0 Å². The molecule has 0 saturated carbocycles. The number of hydrogen-bond acceptors (Lipinski definition) is 0. The first-order valence-corrected chi connectivity index (χ1v) is 18.3. The van der Waals surface area contributed by atoms with E-state index in [1.165, 1.54) is 133 Å². The van der Waals surface area contributed by atoms with Gasteiger partial charge in [0, 0.05) is 0 Å². The number of fused-ring (bicyclic) bond motifs is 3. The molecule has 0 atom stereocenters. The van der Waals surface area contributed by atoms with Crippen LogP contribution in [0.1, 0.15) is 147 Å². The summed E-state index contributed by atoms with van der Waals surface area (Å²) in [5.41, 5.74) is 17.0. The van der Waals surface area contributed by atoms with E-state index in [1.54, 1.807) is 11.1 Å². The van der Waals surface area contributed by atoms with Gasteiger partial charge in [-0.15, -0.1) is 0 Å². The van der Waals surface area contributed by atoms with Crippen molar-refractivity contribution in [2.45, 2.75) is 137 Å². The molecular weight excluding hydrogens is 540 g/mol. The lowest BCUT2D eigenvalue weighted by Gasteiger charge is -2.38. The minimum Gasteiger partial charge on any atom is -0.0654 e. The Bertz CT molecular complexity index is 1450. The number of rotatable bonds is 16. The minimum absolute atomic E-state index is 0.320. The normalized spacial score (nSPS) is 13.2. The summed E-state index contributed by atoms with van der Waals surface area (Å²) in [4.78, 5) is 0. The Morgan fingerprint density at radius 2 is 0.733 bits per heavy atom. The summed E-state index contributed by atoms with van der Waals surface area (Å²) < 4.78 is 0. The molecule has 0 aromatic heterocycles. The van der Waals surface area contributed by atoms with Gasteiger partial charge in [-0.3, -0.25) is 0 Å². The van der Waals surface area contributed by atoms with Crippen molar-refractivity contribution >= 4 is 0 Å². The largest absolute Gasteiger partial charge is 0.0719 e. The molecule has 4 aromatic rings. The fourth-order valence-corrected chi connectivity index (χ4v) is 8.06. The molecule has 0 fully saturated rings. The summed E-state index contributed by atoms with van der Waals surface area (Å²) in [5, 5.41) is 0. The van der Waals surface area contributed by atoms with Crippen molar-refractivity contribution in [1.82, 2.24) is 0 Å². The third-order valence-electron chi connectivity index (χ3n) is 10.4. The summed E-state index contributed by atoms with van der Waals surface area (Å²) >= 11 is 0. The molecule has 0 heterocycles. The molecule has 0 amide bonds. The second-order valence-electron chi connectivity index (χ2n) is 14.2. The highest BCUT2D eigenvalue weighted by Crippen LogP contribution is 2.58. The number of hydrogen-bond donors (Lipinski definition) is 0. The maximum Gasteiger partial charge on any atom is 0.0719 e. The molecule has 0 bridgehead atoms. The van der Waals surface area contributed by atoms with Crippen molar-refractivity contribution in [2.24, 2.45) is 0 Å². The third kappa shape index (κ3) is 7.16. The molecule has 0 aliphatic heterocycles. The lowest BCUT2D eigenvalue weighted by atomic mass is 9.64. The van der Waals surface area contributed by atoms with Crippen LogP contribution in [0.15, 0.2) is 72.8 Å². The lowest BCUT2D eigenvalue weighted by molar-refractivity contribution is 0.601. The molecule has 1 aliphatic rings. The smallest absolute Gasteiger partial charge is 0.0654 e. The molecule has 0 N–H and O–H groups in total. The summed E-state index contributed by atoms with van der Waals surface area (Å²) in [6.07, 6.45) is 18.2. The van der Waals surface area contributed by atoms with E-state index in [-0.39, 0.29) is 5.41 Å². The van der Waals surface area contributed by atoms with E-state index in [4.69, 9.17) is 0 Å². The van der Waals surface area contributed by atoms with Gasteiger partial charge in [0.05, 0.1) is 5.41 Å². The van der Waals surface area contributed by atoms with Crippen molar-refractivity contribution in [3.63, 3.8) is 0 Å². The van der Waals surface area contributed by atoms with Gasteiger partial charge in [-0.25, -0.2) is 0 Å². The van der Waals surface area contributed by atoms with Crippen LogP contribution in [-0.4, -0.2) is 0 Å². The molecule has 45 heavy (non-hydrogen) atoms. The van der Waals surface area contributed by atoms with E-state index in [1.807, 2.05) is 0 Å². The molecule has 1 aliphatic carbocycles. The zero-order valence-corrected chi connectivity index (χ0v) is 29.3. The highest BCUT2D eigenvalue weighted by atomic mass is 14.5. The summed E-state index contributed by atoms with van der Waals surface area (Å²) in [7, 11) is 0. The average molecular weight is 599 g/mol. The van der Waals surface area contributed by atoms with Gasteiger partial charge in [0.15, 0.2) is 0 Å². The highest BCUT2D eigenvalue weighted by molar-refractivity contribution is 5.87. The van der Waals surface area contributed by atoms with E-state index in [0.29, 0.717) is 0 Å². The van der Waals surface area contributed by atoms with Crippen molar-refractivity contribution in [2.75, 3.05) is 0 Å². The van der Waals surface area contributed by atoms with E-state index in [2.05, 4.69) is 114 Å². The first kappa shape index (κ1) is 33.2. The second kappa shape index (κ2) is 15.4. The van der Waals surface area contributed by atoms with E-state index < -0.39 is 0 Å². The highest BCUT2D eigenvalue weighted by Gasteiger charge is 2.48. The monoisotopic (exact) mass is 598 g/mol. The first-order chi connectivity index (χ1) is 21.9. The second-order valence-corrected chi connectivity index (χ2v) is 14.2. The molecule has 238 valence electrons. The molecule has 0 heteroatoms. The van der Waals surface area contributed by atoms with E-state index in [9.17, 15) is 0 Å². The van der Waals surface area contributed by atoms with Gasteiger partial charge < -0.3 is 0 Å². The Labute approximate surface area is 275 Å².